The van der Waals surface area contributed by atoms with Gasteiger partial charge in [-0.3, -0.25) is 0 Å². The van der Waals surface area contributed by atoms with Crippen LogP contribution in [-0.2, 0) is 6.54 Å². The third-order valence-electron chi connectivity index (χ3n) is 4.05. The lowest BCUT2D eigenvalue weighted by atomic mass is 10.2. The standard InChI is InChI=1S/C15H22N4O/c16-11-12-1-3-13(4-2-12)19(14-5-6-14)10-9-18-8-7-17-15(18)20/h1-4,14H,5-11,16H2,(H,17,20). The Hall–Kier alpha value is -1.75. The molecule has 0 bridgehead atoms. The maximum atomic E-state index is 11.6. The molecular formula is C15H22N4O. The maximum absolute atomic E-state index is 11.6. The first kappa shape index (κ1) is 13.2. The topological polar surface area (TPSA) is 61.6 Å². The van der Waals surface area contributed by atoms with Gasteiger partial charge in [0.25, 0.3) is 0 Å². The highest BCUT2D eigenvalue weighted by Gasteiger charge is 2.30. The number of hydrogen-bond acceptors (Lipinski definition) is 3. The first-order chi connectivity index (χ1) is 9.78. The third kappa shape index (κ3) is 2.88. The number of urea groups is 1. The number of nitrogens with zero attached hydrogens (tertiary/aromatic N) is 2. The Bertz CT molecular complexity index is 469. The number of hydrogen-bond donors (Lipinski definition) is 2. The van der Waals surface area contributed by atoms with Crippen molar-refractivity contribution in [2.45, 2.75) is 25.4 Å². The molecule has 108 valence electrons. The zero-order valence-corrected chi connectivity index (χ0v) is 11.7. The average molecular weight is 274 g/mol. The quantitative estimate of drug-likeness (QED) is 0.817. The van der Waals surface area contributed by atoms with E-state index >= 15 is 0 Å². The summed E-state index contributed by atoms with van der Waals surface area (Å²) >= 11 is 0. The van der Waals surface area contributed by atoms with Crippen LogP contribution in [0.2, 0.25) is 0 Å². The first-order valence-electron chi connectivity index (χ1n) is 7.36. The van der Waals surface area contributed by atoms with Gasteiger partial charge in [0.05, 0.1) is 0 Å². The van der Waals surface area contributed by atoms with Crippen molar-refractivity contribution in [3.8, 4) is 0 Å². The van der Waals surface area contributed by atoms with E-state index < -0.39 is 0 Å². The van der Waals surface area contributed by atoms with E-state index in [9.17, 15) is 4.79 Å². The molecule has 0 unspecified atom stereocenters. The monoisotopic (exact) mass is 274 g/mol. The van der Waals surface area contributed by atoms with E-state index in [0.717, 1.165) is 31.7 Å². The molecule has 1 aromatic rings. The molecule has 1 aromatic carbocycles. The number of carbonyl (C=O) groups is 1. The summed E-state index contributed by atoms with van der Waals surface area (Å²) in [5, 5.41) is 2.85. The molecule has 0 spiro atoms. The van der Waals surface area contributed by atoms with E-state index in [2.05, 4.69) is 34.5 Å². The van der Waals surface area contributed by atoms with Gasteiger partial charge < -0.3 is 20.9 Å². The SMILES string of the molecule is NCc1ccc(N(CCN2CCNC2=O)C2CC2)cc1. The minimum Gasteiger partial charge on any atom is -0.367 e. The van der Waals surface area contributed by atoms with E-state index in [-0.39, 0.29) is 6.03 Å². The van der Waals surface area contributed by atoms with Crippen LogP contribution in [0.4, 0.5) is 10.5 Å². The predicted molar refractivity (Wildman–Crippen MR) is 79.7 cm³/mol. The van der Waals surface area contributed by atoms with Crippen molar-refractivity contribution >= 4 is 11.7 Å². The summed E-state index contributed by atoms with van der Waals surface area (Å²) in [4.78, 5) is 15.9. The van der Waals surface area contributed by atoms with Crippen LogP contribution in [0.3, 0.4) is 0 Å². The van der Waals surface area contributed by atoms with Crippen molar-refractivity contribution in [1.29, 1.82) is 0 Å². The number of benzene rings is 1. The van der Waals surface area contributed by atoms with Crippen molar-refractivity contribution in [3.63, 3.8) is 0 Å². The molecule has 1 aliphatic heterocycles. The summed E-state index contributed by atoms with van der Waals surface area (Å²) in [6.45, 7) is 3.87. The minimum atomic E-state index is 0.0687. The van der Waals surface area contributed by atoms with Gasteiger partial charge in [-0.05, 0) is 30.5 Å². The van der Waals surface area contributed by atoms with Crippen LogP contribution in [0.1, 0.15) is 18.4 Å². The molecule has 3 N–H and O–H groups in total. The maximum Gasteiger partial charge on any atom is 0.317 e. The van der Waals surface area contributed by atoms with Crippen LogP contribution < -0.4 is 16.0 Å². The molecule has 20 heavy (non-hydrogen) atoms. The molecule has 1 saturated heterocycles. The molecule has 2 aliphatic rings. The van der Waals surface area contributed by atoms with Crippen molar-refractivity contribution in [1.82, 2.24) is 10.2 Å². The van der Waals surface area contributed by atoms with E-state index in [1.54, 1.807) is 0 Å². The third-order valence-corrected chi connectivity index (χ3v) is 4.05. The lowest BCUT2D eigenvalue weighted by molar-refractivity contribution is 0.218. The highest BCUT2D eigenvalue weighted by atomic mass is 16.2. The Kier molecular flexibility index (Phi) is 3.78. The molecule has 2 fully saturated rings. The second-order valence-corrected chi connectivity index (χ2v) is 5.51. The smallest absolute Gasteiger partial charge is 0.317 e. The van der Waals surface area contributed by atoms with Gasteiger partial charge >= 0.3 is 6.03 Å². The second-order valence-electron chi connectivity index (χ2n) is 5.51. The van der Waals surface area contributed by atoms with Crippen LogP contribution in [-0.4, -0.2) is 43.2 Å². The van der Waals surface area contributed by atoms with Gasteiger partial charge in [-0.1, -0.05) is 12.1 Å². The molecule has 1 heterocycles. The van der Waals surface area contributed by atoms with E-state index in [0.29, 0.717) is 12.6 Å². The molecule has 1 saturated carbocycles. The Morgan fingerprint density at radius 1 is 1.30 bits per heavy atom. The van der Waals surface area contributed by atoms with Gasteiger partial charge in [-0.25, -0.2) is 4.79 Å². The molecule has 3 rings (SSSR count). The van der Waals surface area contributed by atoms with Crippen molar-refractivity contribution in [2.24, 2.45) is 5.73 Å². The summed E-state index contributed by atoms with van der Waals surface area (Å²) in [5.74, 6) is 0. The first-order valence-corrected chi connectivity index (χ1v) is 7.36. The Balaban J connectivity index is 1.64. The molecule has 1 aliphatic carbocycles. The van der Waals surface area contributed by atoms with Crippen LogP contribution in [0.15, 0.2) is 24.3 Å². The van der Waals surface area contributed by atoms with Gasteiger partial charge in [-0.2, -0.15) is 0 Å². The lowest BCUT2D eigenvalue weighted by Crippen LogP contribution is -2.38. The second kappa shape index (κ2) is 5.71. The number of rotatable bonds is 6. The summed E-state index contributed by atoms with van der Waals surface area (Å²) in [6.07, 6.45) is 2.51. The van der Waals surface area contributed by atoms with Crippen molar-refractivity contribution in [2.75, 3.05) is 31.1 Å². The molecule has 0 aromatic heterocycles. The molecule has 0 radical (unpaired) electrons. The van der Waals surface area contributed by atoms with Crippen LogP contribution >= 0.6 is 0 Å². The van der Waals surface area contributed by atoms with Crippen LogP contribution in [0.5, 0.6) is 0 Å². The summed E-state index contributed by atoms with van der Waals surface area (Å²) in [7, 11) is 0. The van der Waals surface area contributed by atoms with Crippen LogP contribution in [0.25, 0.3) is 0 Å². The zero-order chi connectivity index (χ0) is 13.9. The van der Waals surface area contributed by atoms with Gasteiger partial charge in [0.2, 0.25) is 0 Å². The van der Waals surface area contributed by atoms with E-state index in [1.807, 2.05) is 4.90 Å². The Labute approximate surface area is 119 Å². The highest BCUT2D eigenvalue weighted by Crippen LogP contribution is 2.31. The number of amides is 2. The van der Waals surface area contributed by atoms with E-state index in [4.69, 9.17) is 5.73 Å². The summed E-state index contributed by atoms with van der Waals surface area (Å²) < 4.78 is 0. The fourth-order valence-corrected chi connectivity index (χ4v) is 2.69. The summed E-state index contributed by atoms with van der Waals surface area (Å²) in [5.41, 5.74) is 8.04. The highest BCUT2D eigenvalue weighted by molar-refractivity contribution is 5.76. The number of nitrogens with two attached hydrogens (primary N) is 1. The largest absolute Gasteiger partial charge is 0.367 e. The van der Waals surface area contributed by atoms with Gasteiger partial charge in [-0.15, -0.1) is 0 Å². The molecular weight excluding hydrogens is 252 g/mol. The molecule has 5 heteroatoms. The average Bonchev–Trinajstić information content (AvgIpc) is 3.23. The zero-order valence-electron chi connectivity index (χ0n) is 11.7. The lowest BCUT2D eigenvalue weighted by Gasteiger charge is -2.27. The summed E-state index contributed by atoms with van der Waals surface area (Å²) in [6, 6.07) is 9.18. The van der Waals surface area contributed by atoms with Crippen LogP contribution in [0, 0.1) is 0 Å². The number of nitrogens with one attached hydrogen (secondary N) is 1. The number of anilines is 1. The molecule has 0 atom stereocenters. The minimum absolute atomic E-state index is 0.0687. The van der Waals surface area contributed by atoms with Gasteiger partial charge in [0.15, 0.2) is 0 Å². The normalized spacial score (nSPS) is 18.2. The fourth-order valence-electron chi connectivity index (χ4n) is 2.69. The van der Waals surface area contributed by atoms with Crippen molar-refractivity contribution in [3.05, 3.63) is 29.8 Å². The van der Waals surface area contributed by atoms with Gasteiger partial charge in [0.1, 0.15) is 0 Å². The van der Waals surface area contributed by atoms with Crippen molar-refractivity contribution < 1.29 is 4.79 Å². The van der Waals surface area contributed by atoms with E-state index in [1.165, 1.54) is 18.5 Å². The van der Waals surface area contributed by atoms with Gasteiger partial charge in [0, 0.05) is 44.5 Å². The fraction of sp³-hybridized carbons (Fsp3) is 0.533. The number of carbonyl (C=O) groups excluding carboxylic acids is 1. The molecule has 5 nitrogen and oxygen atoms in total. The Morgan fingerprint density at radius 2 is 2.05 bits per heavy atom. The molecule has 2 amide bonds. The Morgan fingerprint density at radius 3 is 2.60 bits per heavy atom. The predicted octanol–water partition coefficient (Wildman–Crippen LogP) is 1.14.